The molecule has 5 nitrogen and oxygen atoms in total. The number of aliphatic imine (C=N–C) groups is 1. The number of nitrogens with zero attached hydrogens (tertiary/aromatic N) is 3. The van der Waals surface area contributed by atoms with Crippen molar-refractivity contribution in [2.45, 2.75) is 25.0 Å². The van der Waals surface area contributed by atoms with Crippen molar-refractivity contribution in [2.75, 3.05) is 28.2 Å². The van der Waals surface area contributed by atoms with Crippen molar-refractivity contribution in [3.63, 3.8) is 0 Å². The first-order valence-electron chi connectivity index (χ1n) is 6.28. The van der Waals surface area contributed by atoms with Crippen LogP contribution in [0.15, 0.2) is 16.9 Å². The molecular weight excluding hydrogens is 230 g/mol. The fourth-order valence-electron chi connectivity index (χ4n) is 2.02. The summed E-state index contributed by atoms with van der Waals surface area (Å²) in [6.07, 6.45) is 5.74. The zero-order valence-electron chi connectivity index (χ0n) is 11.5. The van der Waals surface area contributed by atoms with E-state index in [2.05, 4.69) is 4.99 Å². The second-order valence-electron chi connectivity index (χ2n) is 5.26. The molecule has 1 fully saturated rings. The van der Waals surface area contributed by atoms with Crippen LogP contribution in [0.2, 0.25) is 0 Å². The number of rotatable bonds is 4. The van der Waals surface area contributed by atoms with Crippen LogP contribution in [-0.4, -0.2) is 62.3 Å². The normalized spacial score (nSPS) is 26.8. The zero-order valence-corrected chi connectivity index (χ0v) is 11.5. The van der Waals surface area contributed by atoms with Gasteiger partial charge in [0.1, 0.15) is 12.0 Å². The number of hydrogen-bond donors (Lipinski definition) is 0. The maximum absolute atomic E-state index is 12.3. The minimum atomic E-state index is -0.284. The van der Waals surface area contributed by atoms with Gasteiger partial charge >= 0.3 is 0 Å². The third-order valence-electron chi connectivity index (χ3n) is 3.18. The lowest BCUT2D eigenvalue weighted by molar-refractivity contribution is -0.135. The van der Waals surface area contributed by atoms with Gasteiger partial charge in [-0.1, -0.05) is 0 Å². The summed E-state index contributed by atoms with van der Waals surface area (Å²) in [6, 6.07) is 0. The van der Waals surface area contributed by atoms with Gasteiger partial charge in [0.25, 0.3) is 0 Å². The SMILES string of the molecule is CN(C)C(=O)C1C(N(C)C)=CN=CC1OC1CC1. The average molecular weight is 251 g/mol. The Morgan fingerprint density at radius 2 is 2.00 bits per heavy atom. The van der Waals surface area contributed by atoms with E-state index in [-0.39, 0.29) is 17.9 Å². The molecule has 0 spiro atoms. The van der Waals surface area contributed by atoms with E-state index in [1.54, 1.807) is 31.4 Å². The molecule has 1 aliphatic carbocycles. The predicted molar refractivity (Wildman–Crippen MR) is 70.3 cm³/mol. The monoisotopic (exact) mass is 251 g/mol. The van der Waals surface area contributed by atoms with Crippen LogP contribution < -0.4 is 0 Å². The summed E-state index contributed by atoms with van der Waals surface area (Å²) in [5.41, 5.74) is 0.904. The summed E-state index contributed by atoms with van der Waals surface area (Å²) in [5.74, 6) is -0.222. The molecule has 2 atom stereocenters. The lowest BCUT2D eigenvalue weighted by Crippen LogP contribution is -2.44. The molecule has 1 aliphatic heterocycles. The van der Waals surface area contributed by atoms with E-state index in [4.69, 9.17) is 4.74 Å². The van der Waals surface area contributed by atoms with Gasteiger partial charge in [0, 0.05) is 46.3 Å². The molecule has 100 valence electrons. The van der Waals surface area contributed by atoms with E-state index in [0.29, 0.717) is 6.10 Å². The van der Waals surface area contributed by atoms with Gasteiger partial charge in [-0.05, 0) is 12.8 Å². The highest BCUT2D eigenvalue weighted by Gasteiger charge is 2.38. The van der Waals surface area contributed by atoms with Crippen molar-refractivity contribution in [2.24, 2.45) is 10.9 Å². The largest absolute Gasteiger partial charge is 0.379 e. The lowest BCUT2D eigenvalue weighted by Gasteiger charge is -2.33. The smallest absolute Gasteiger partial charge is 0.234 e. The molecule has 2 unspecified atom stereocenters. The number of hydrogen-bond acceptors (Lipinski definition) is 4. The molecule has 0 saturated heterocycles. The summed E-state index contributed by atoms with van der Waals surface area (Å²) in [7, 11) is 7.40. The Morgan fingerprint density at radius 1 is 1.33 bits per heavy atom. The first kappa shape index (κ1) is 13.1. The van der Waals surface area contributed by atoms with Gasteiger partial charge in [0.05, 0.1) is 6.10 Å². The van der Waals surface area contributed by atoms with E-state index in [9.17, 15) is 4.79 Å². The van der Waals surface area contributed by atoms with Crippen LogP contribution in [0.4, 0.5) is 0 Å². The average Bonchev–Trinajstić information content (AvgIpc) is 3.11. The number of ether oxygens (including phenoxy) is 1. The van der Waals surface area contributed by atoms with E-state index in [1.165, 1.54) is 0 Å². The molecule has 0 bridgehead atoms. The Kier molecular flexibility index (Phi) is 3.71. The molecule has 2 aliphatic rings. The Balaban J connectivity index is 2.20. The predicted octanol–water partition coefficient (Wildman–Crippen LogP) is 0.726. The highest BCUT2D eigenvalue weighted by Crippen LogP contribution is 2.31. The Morgan fingerprint density at radius 3 is 2.50 bits per heavy atom. The van der Waals surface area contributed by atoms with E-state index in [0.717, 1.165) is 18.5 Å². The summed E-state index contributed by atoms with van der Waals surface area (Å²) in [6.45, 7) is 0. The van der Waals surface area contributed by atoms with Gasteiger partial charge in [0.2, 0.25) is 5.91 Å². The van der Waals surface area contributed by atoms with Gasteiger partial charge in [-0.25, -0.2) is 0 Å². The highest BCUT2D eigenvalue weighted by atomic mass is 16.5. The number of carbonyl (C=O) groups is 1. The van der Waals surface area contributed by atoms with Gasteiger partial charge in [-0.2, -0.15) is 0 Å². The molecular formula is C13H21N3O2. The van der Waals surface area contributed by atoms with Crippen LogP contribution in [0.25, 0.3) is 0 Å². The quantitative estimate of drug-likeness (QED) is 0.740. The van der Waals surface area contributed by atoms with Crippen LogP contribution in [0, 0.1) is 5.92 Å². The molecule has 0 N–H and O–H groups in total. The van der Waals surface area contributed by atoms with Crippen LogP contribution in [0.5, 0.6) is 0 Å². The summed E-state index contributed by atoms with van der Waals surface area (Å²) in [4.78, 5) is 20.1. The Labute approximate surface area is 108 Å². The summed E-state index contributed by atoms with van der Waals surface area (Å²) in [5, 5.41) is 0. The lowest BCUT2D eigenvalue weighted by atomic mass is 9.95. The molecule has 0 aromatic heterocycles. The van der Waals surface area contributed by atoms with Crippen LogP contribution in [0.3, 0.4) is 0 Å². The maximum atomic E-state index is 12.3. The molecule has 2 rings (SSSR count). The minimum Gasteiger partial charge on any atom is -0.379 e. The molecule has 1 heterocycles. The number of carbonyl (C=O) groups excluding carboxylic acids is 1. The molecule has 18 heavy (non-hydrogen) atoms. The van der Waals surface area contributed by atoms with Crippen molar-refractivity contribution < 1.29 is 9.53 Å². The Hall–Kier alpha value is -1.36. The standard InChI is InChI=1S/C13H21N3O2/c1-15(2)10-7-14-8-11(18-9-5-6-9)12(10)13(17)16(3)4/h7-9,11-12H,5-6H2,1-4H3. The molecule has 0 aromatic carbocycles. The third kappa shape index (κ3) is 2.72. The van der Waals surface area contributed by atoms with Crippen molar-refractivity contribution in [3.05, 3.63) is 11.9 Å². The molecule has 1 saturated carbocycles. The fraction of sp³-hybridized carbons (Fsp3) is 0.692. The first-order chi connectivity index (χ1) is 8.50. The van der Waals surface area contributed by atoms with Crippen molar-refractivity contribution >= 4 is 12.1 Å². The second-order valence-corrected chi connectivity index (χ2v) is 5.26. The van der Waals surface area contributed by atoms with Crippen LogP contribution in [0.1, 0.15) is 12.8 Å². The highest BCUT2D eigenvalue weighted by molar-refractivity contribution is 5.87. The molecule has 1 amide bonds. The van der Waals surface area contributed by atoms with Gasteiger partial charge in [-0.3, -0.25) is 9.79 Å². The van der Waals surface area contributed by atoms with Crippen molar-refractivity contribution in [3.8, 4) is 0 Å². The van der Waals surface area contributed by atoms with E-state index >= 15 is 0 Å². The van der Waals surface area contributed by atoms with E-state index < -0.39 is 0 Å². The first-order valence-corrected chi connectivity index (χ1v) is 6.28. The van der Waals surface area contributed by atoms with Crippen molar-refractivity contribution in [1.29, 1.82) is 0 Å². The molecule has 5 heteroatoms. The van der Waals surface area contributed by atoms with Crippen LogP contribution >= 0.6 is 0 Å². The Bertz CT molecular complexity index is 384. The summed E-state index contributed by atoms with van der Waals surface area (Å²) >= 11 is 0. The molecule has 0 aromatic rings. The van der Waals surface area contributed by atoms with Gasteiger partial charge in [-0.15, -0.1) is 0 Å². The number of amides is 1. The topological polar surface area (TPSA) is 45.1 Å². The van der Waals surface area contributed by atoms with E-state index in [1.807, 2.05) is 19.0 Å². The third-order valence-corrected chi connectivity index (χ3v) is 3.18. The van der Waals surface area contributed by atoms with Crippen LogP contribution in [-0.2, 0) is 9.53 Å². The maximum Gasteiger partial charge on any atom is 0.234 e. The summed E-state index contributed by atoms with van der Waals surface area (Å²) < 4.78 is 5.90. The van der Waals surface area contributed by atoms with Crippen molar-refractivity contribution in [1.82, 2.24) is 9.80 Å². The fourth-order valence-corrected chi connectivity index (χ4v) is 2.02. The van der Waals surface area contributed by atoms with Gasteiger partial charge in [0.15, 0.2) is 0 Å². The zero-order chi connectivity index (χ0) is 13.3. The molecule has 0 radical (unpaired) electrons. The second kappa shape index (κ2) is 5.10. The minimum absolute atomic E-state index is 0.0618. The van der Waals surface area contributed by atoms with Gasteiger partial charge < -0.3 is 14.5 Å².